The van der Waals surface area contributed by atoms with Gasteiger partial charge in [-0.25, -0.2) is 10.6 Å². The highest BCUT2D eigenvalue weighted by Crippen LogP contribution is 2.09. The van der Waals surface area contributed by atoms with Crippen LogP contribution in [-0.4, -0.2) is 34.6 Å². The van der Waals surface area contributed by atoms with Gasteiger partial charge < -0.3 is 10.8 Å². The molecule has 110 valence electrons. The molecule has 0 saturated heterocycles. The van der Waals surface area contributed by atoms with Crippen LogP contribution in [0.1, 0.15) is 24.8 Å². The maximum Gasteiger partial charge on any atom is 0.328 e. The summed E-state index contributed by atoms with van der Waals surface area (Å²) in [4.78, 5) is 23.2. The fourth-order valence-electron chi connectivity index (χ4n) is 1.90. The van der Waals surface area contributed by atoms with E-state index >= 15 is 0 Å². The SMILES string of the molecule is NCCCC[C@@H](C(=O)O)N(N)C(=O)Cc1ccccc1. The number of carboxylic acid groups (broad SMARTS) is 1. The molecule has 1 atom stereocenters. The molecule has 0 aromatic heterocycles. The van der Waals surface area contributed by atoms with Crippen LogP contribution in [0, 0.1) is 0 Å². The predicted octanol–water partition coefficient (Wildman–Crippen LogP) is 0.514. The molecule has 5 N–H and O–H groups in total. The summed E-state index contributed by atoms with van der Waals surface area (Å²) in [5.41, 5.74) is 6.17. The standard InChI is InChI=1S/C14H21N3O3/c15-9-5-4-8-12(14(19)20)17(16)13(18)10-11-6-2-1-3-7-11/h1-3,6-7,12H,4-5,8-10,15-16H2,(H,19,20)/t12-/m0/s1. The van der Waals surface area contributed by atoms with E-state index in [0.29, 0.717) is 25.8 Å². The summed E-state index contributed by atoms with van der Waals surface area (Å²) in [5.74, 6) is 4.17. The lowest BCUT2D eigenvalue weighted by atomic mass is 10.1. The van der Waals surface area contributed by atoms with Crippen LogP contribution in [0.25, 0.3) is 0 Å². The molecule has 0 saturated carbocycles. The smallest absolute Gasteiger partial charge is 0.328 e. The molecule has 6 heteroatoms. The van der Waals surface area contributed by atoms with Gasteiger partial charge in [-0.15, -0.1) is 0 Å². The Kier molecular flexibility index (Phi) is 6.69. The van der Waals surface area contributed by atoms with E-state index in [9.17, 15) is 9.59 Å². The van der Waals surface area contributed by atoms with Gasteiger partial charge in [0, 0.05) is 0 Å². The lowest BCUT2D eigenvalue weighted by Crippen LogP contribution is -2.50. The Bertz CT molecular complexity index is 437. The zero-order valence-corrected chi connectivity index (χ0v) is 11.4. The van der Waals surface area contributed by atoms with Gasteiger partial charge in [-0.1, -0.05) is 30.3 Å². The first-order chi connectivity index (χ1) is 9.56. The number of carbonyl (C=O) groups excluding carboxylic acids is 1. The molecule has 20 heavy (non-hydrogen) atoms. The van der Waals surface area contributed by atoms with Crippen LogP contribution in [0.2, 0.25) is 0 Å². The third-order valence-corrected chi connectivity index (χ3v) is 3.04. The van der Waals surface area contributed by atoms with Crippen LogP contribution in [0.15, 0.2) is 30.3 Å². The van der Waals surface area contributed by atoms with Gasteiger partial charge in [-0.2, -0.15) is 0 Å². The number of benzene rings is 1. The normalized spacial score (nSPS) is 11.9. The molecule has 1 aromatic rings. The topological polar surface area (TPSA) is 110 Å². The summed E-state index contributed by atoms with van der Waals surface area (Å²) in [5, 5.41) is 9.98. The van der Waals surface area contributed by atoms with Gasteiger partial charge in [-0.05, 0) is 31.4 Å². The Morgan fingerprint density at radius 3 is 2.40 bits per heavy atom. The first-order valence-corrected chi connectivity index (χ1v) is 6.59. The van der Waals surface area contributed by atoms with Crippen molar-refractivity contribution >= 4 is 11.9 Å². The molecule has 1 rings (SSSR count). The molecule has 0 fully saturated rings. The second kappa shape index (κ2) is 8.29. The summed E-state index contributed by atoms with van der Waals surface area (Å²) in [6.45, 7) is 0.495. The van der Waals surface area contributed by atoms with Crippen molar-refractivity contribution in [2.24, 2.45) is 11.6 Å². The molecule has 0 spiro atoms. The van der Waals surface area contributed by atoms with Gasteiger partial charge >= 0.3 is 5.97 Å². The molecular weight excluding hydrogens is 258 g/mol. The Balaban J connectivity index is 2.61. The van der Waals surface area contributed by atoms with E-state index in [1.807, 2.05) is 18.2 Å². The van der Waals surface area contributed by atoms with Crippen molar-refractivity contribution in [2.75, 3.05) is 6.54 Å². The van der Waals surface area contributed by atoms with E-state index in [4.69, 9.17) is 16.7 Å². The molecule has 0 aliphatic rings. The minimum atomic E-state index is -1.09. The number of carbonyl (C=O) groups is 2. The number of hydrazine groups is 1. The lowest BCUT2D eigenvalue weighted by molar-refractivity contribution is -0.150. The number of nitrogens with zero attached hydrogens (tertiary/aromatic N) is 1. The summed E-state index contributed by atoms with van der Waals surface area (Å²) in [6.07, 6.45) is 1.74. The van der Waals surface area contributed by atoms with E-state index in [0.717, 1.165) is 10.6 Å². The summed E-state index contributed by atoms with van der Waals surface area (Å²) < 4.78 is 0. The zero-order valence-electron chi connectivity index (χ0n) is 11.4. The second-order valence-corrected chi connectivity index (χ2v) is 4.60. The van der Waals surface area contributed by atoms with Gasteiger partial charge in [-0.3, -0.25) is 9.80 Å². The van der Waals surface area contributed by atoms with Crippen molar-refractivity contribution in [3.05, 3.63) is 35.9 Å². The summed E-state index contributed by atoms with van der Waals surface area (Å²) >= 11 is 0. The van der Waals surface area contributed by atoms with Crippen LogP contribution < -0.4 is 11.6 Å². The number of aliphatic carboxylic acids is 1. The molecule has 0 heterocycles. The highest BCUT2D eigenvalue weighted by Gasteiger charge is 2.26. The van der Waals surface area contributed by atoms with Crippen molar-refractivity contribution < 1.29 is 14.7 Å². The van der Waals surface area contributed by atoms with Crippen molar-refractivity contribution in [2.45, 2.75) is 31.7 Å². The number of hydrogen-bond acceptors (Lipinski definition) is 4. The number of rotatable bonds is 8. The van der Waals surface area contributed by atoms with Crippen LogP contribution in [0.5, 0.6) is 0 Å². The molecule has 0 aliphatic carbocycles. The Hall–Kier alpha value is -1.92. The van der Waals surface area contributed by atoms with E-state index in [1.54, 1.807) is 12.1 Å². The van der Waals surface area contributed by atoms with Gasteiger partial charge in [0.1, 0.15) is 6.04 Å². The van der Waals surface area contributed by atoms with E-state index in [2.05, 4.69) is 0 Å². The fraction of sp³-hybridized carbons (Fsp3) is 0.429. The molecule has 1 amide bonds. The maximum atomic E-state index is 12.0. The van der Waals surface area contributed by atoms with Gasteiger partial charge in [0.25, 0.3) is 0 Å². The van der Waals surface area contributed by atoms with Crippen molar-refractivity contribution in [3.8, 4) is 0 Å². The van der Waals surface area contributed by atoms with Gasteiger partial charge in [0.05, 0.1) is 6.42 Å². The van der Waals surface area contributed by atoms with Crippen molar-refractivity contribution in [1.29, 1.82) is 0 Å². The average Bonchev–Trinajstić information content (AvgIpc) is 2.43. The molecular formula is C14H21N3O3. The monoisotopic (exact) mass is 279 g/mol. The van der Waals surface area contributed by atoms with Crippen LogP contribution in [0.3, 0.4) is 0 Å². The van der Waals surface area contributed by atoms with Crippen LogP contribution in [0.4, 0.5) is 0 Å². The minimum Gasteiger partial charge on any atom is -0.480 e. The molecule has 1 aromatic carbocycles. The zero-order chi connectivity index (χ0) is 15.0. The van der Waals surface area contributed by atoms with Gasteiger partial charge in [0.2, 0.25) is 5.91 Å². The number of amides is 1. The maximum absolute atomic E-state index is 12.0. The number of hydrogen-bond donors (Lipinski definition) is 3. The molecule has 0 aliphatic heterocycles. The highest BCUT2D eigenvalue weighted by molar-refractivity contribution is 5.84. The molecule has 0 unspecified atom stereocenters. The average molecular weight is 279 g/mol. The second-order valence-electron chi connectivity index (χ2n) is 4.60. The summed E-state index contributed by atoms with van der Waals surface area (Å²) in [7, 11) is 0. The Morgan fingerprint density at radius 1 is 1.20 bits per heavy atom. The molecule has 0 radical (unpaired) electrons. The Morgan fingerprint density at radius 2 is 1.85 bits per heavy atom. The lowest BCUT2D eigenvalue weighted by Gasteiger charge is -2.24. The first kappa shape index (κ1) is 16.1. The quantitative estimate of drug-likeness (QED) is 0.278. The van der Waals surface area contributed by atoms with E-state index in [-0.39, 0.29) is 6.42 Å². The molecule has 6 nitrogen and oxygen atoms in total. The third kappa shape index (κ3) is 4.99. The molecule has 0 bridgehead atoms. The van der Waals surface area contributed by atoms with Crippen LogP contribution in [-0.2, 0) is 16.0 Å². The number of carboxylic acids is 1. The van der Waals surface area contributed by atoms with Crippen molar-refractivity contribution in [3.63, 3.8) is 0 Å². The highest BCUT2D eigenvalue weighted by atomic mass is 16.4. The third-order valence-electron chi connectivity index (χ3n) is 3.04. The first-order valence-electron chi connectivity index (χ1n) is 6.59. The van der Waals surface area contributed by atoms with Crippen LogP contribution >= 0.6 is 0 Å². The van der Waals surface area contributed by atoms with Gasteiger partial charge in [0.15, 0.2) is 0 Å². The van der Waals surface area contributed by atoms with E-state index < -0.39 is 17.9 Å². The minimum absolute atomic E-state index is 0.0952. The Labute approximate surface area is 118 Å². The number of nitrogens with two attached hydrogens (primary N) is 2. The fourth-order valence-corrected chi connectivity index (χ4v) is 1.90. The largest absolute Gasteiger partial charge is 0.480 e. The summed E-state index contributed by atoms with van der Waals surface area (Å²) in [6, 6.07) is 8.09. The van der Waals surface area contributed by atoms with E-state index in [1.165, 1.54) is 0 Å². The predicted molar refractivity (Wildman–Crippen MR) is 75.5 cm³/mol. The number of unbranched alkanes of at least 4 members (excludes halogenated alkanes) is 1. The van der Waals surface area contributed by atoms with Crippen molar-refractivity contribution in [1.82, 2.24) is 5.01 Å².